The molecule has 21 heavy (non-hydrogen) atoms. The first-order valence-electron chi connectivity index (χ1n) is 6.38. The number of aromatic carboxylic acids is 1. The predicted octanol–water partition coefficient (Wildman–Crippen LogP) is 0.324. The molecular formula is C14H18N2O5. The second-order valence-corrected chi connectivity index (χ2v) is 4.41. The molecule has 1 aromatic carbocycles. The standard InChI is InChI=1S/C14H18N2O5/c1-9-7-11(14(19)20)3-4-12(9)21-8-13(18)16-6-5-15-10(2)17/h3-4,7H,5-6,8H2,1-2H3,(H,15,17)(H,16,18)(H,19,20). The molecule has 114 valence electrons. The third kappa shape index (κ3) is 5.94. The van der Waals surface area contributed by atoms with Crippen LogP contribution in [0.5, 0.6) is 5.75 Å². The van der Waals surface area contributed by atoms with Crippen LogP contribution in [0.1, 0.15) is 22.8 Å². The number of aryl methyl sites for hydroxylation is 1. The second kappa shape index (κ2) is 7.88. The minimum absolute atomic E-state index is 0.158. The molecule has 0 saturated heterocycles. The van der Waals surface area contributed by atoms with E-state index in [0.29, 0.717) is 24.4 Å². The summed E-state index contributed by atoms with van der Waals surface area (Å²) in [5.41, 5.74) is 0.806. The smallest absolute Gasteiger partial charge is 0.335 e. The van der Waals surface area contributed by atoms with Crippen molar-refractivity contribution in [2.45, 2.75) is 13.8 Å². The van der Waals surface area contributed by atoms with Crippen molar-refractivity contribution in [3.63, 3.8) is 0 Å². The zero-order valence-electron chi connectivity index (χ0n) is 11.9. The minimum atomic E-state index is -1.01. The van der Waals surface area contributed by atoms with Gasteiger partial charge in [0.05, 0.1) is 5.56 Å². The summed E-state index contributed by atoms with van der Waals surface area (Å²) in [6.45, 7) is 3.60. The first-order chi connectivity index (χ1) is 9.90. The molecule has 7 nitrogen and oxygen atoms in total. The number of carbonyl (C=O) groups excluding carboxylic acids is 2. The van der Waals surface area contributed by atoms with Crippen molar-refractivity contribution in [1.29, 1.82) is 0 Å². The van der Waals surface area contributed by atoms with Crippen LogP contribution in [0.2, 0.25) is 0 Å². The molecule has 7 heteroatoms. The molecule has 0 heterocycles. The van der Waals surface area contributed by atoms with Gasteiger partial charge < -0.3 is 20.5 Å². The molecular weight excluding hydrogens is 276 g/mol. The number of nitrogens with one attached hydrogen (secondary N) is 2. The summed E-state index contributed by atoms with van der Waals surface area (Å²) in [7, 11) is 0. The van der Waals surface area contributed by atoms with Gasteiger partial charge in [-0.1, -0.05) is 0 Å². The monoisotopic (exact) mass is 294 g/mol. The lowest BCUT2D eigenvalue weighted by atomic mass is 10.1. The molecule has 0 bridgehead atoms. The molecule has 3 N–H and O–H groups in total. The Morgan fingerprint density at radius 2 is 1.86 bits per heavy atom. The Hall–Kier alpha value is -2.57. The van der Waals surface area contributed by atoms with Gasteiger partial charge in [0.15, 0.2) is 6.61 Å². The van der Waals surface area contributed by atoms with Crippen molar-refractivity contribution in [2.75, 3.05) is 19.7 Å². The van der Waals surface area contributed by atoms with Crippen LogP contribution in [0.3, 0.4) is 0 Å². The van der Waals surface area contributed by atoms with E-state index in [1.165, 1.54) is 25.1 Å². The Morgan fingerprint density at radius 3 is 2.43 bits per heavy atom. The lowest BCUT2D eigenvalue weighted by molar-refractivity contribution is -0.123. The number of rotatable bonds is 7. The van der Waals surface area contributed by atoms with Gasteiger partial charge in [-0.15, -0.1) is 0 Å². The van der Waals surface area contributed by atoms with Crippen molar-refractivity contribution in [2.24, 2.45) is 0 Å². The molecule has 0 atom stereocenters. The molecule has 0 fully saturated rings. The van der Waals surface area contributed by atoms with Crippen LogP contribution >= 0.6 is 0 Å². The number of carbonyl (C=O) groups is 3. The normalized spacial score (nSPS) is 9.81. The minimum Gasteiger partial charge on any atom is -0.484 e. The highest BCUT2D eigenvalue weighted by atomic mass is 16.5. The average Bonchev–Trinajstić information content (AvgIpc) is 2.41. The van der Waals surface area contributed by atoms with Crippen LogP contribution < -0.4 is 15.4 Å². The number of hydrogen-bond donors (Lipinski definition) is 3. The largest absolute Gasteiger partial charge is 0.484 e. The van der Waals surface area contributed by atoms with Gasteiger partial charge >= 0.3 is 5.97 Å². The molecule has 0 radical (unpaired) electrons. The Kier molecular flexibility index (Phi) is 6.19. The maximum atomic E-state index is 11.5. The van der Waals surface area contributed by atoms with E-state index >= 15 is 0 Å². The van der Waals surface area contributed by atoms with E-state index in [0.717, 1.165) is 0 Å². The van der Waals surface area contributed by atoms with E-state index in [9.17, 15) is 14.4 Å². The van der Waals surface area contributed by atoms with Gasteiger partial charge in [-0.3, -0.25) is 9.59 Å². The first kappa shape index (κ1) is 16.5. The van der Waals surface area contributed by atoms with Crippen molar-refractivity contribution in [3.8, 4) is 5.75 Å². The van der Waals surface area contributed by atoms with E-state index in [2.05, 4.69) is 10.6 Å². The lowest BCUT2D eigenvalue weighted by Crippen LogP contribution is -2.36. The zero-order valence-corrected chi connectivity index (χ0v) is 11.9. The third-order valence-electron chi connectivity index (χ3n) is 2.60. The van der Waals surface area contributed by atoms with Crippen LogP contribution in [0.25, 0.3) is 0 Å². The van der Waals surface area contributed by atoms with Crippen LogP contribution in [-0.4, -0.2) is 42.6 Å². The quantitative estimate of drug-likeness (QED) is 0.628. The fourth-order valence-corrected chi connectivity index (χ4v) is 1.58. The Labute approximate surface area is 122 Å². The highest BCUT2D eigenvalue weighted by molar-refractivity contribution is 5.88. The topological polar surface area (TPSA) is 105 Å². The summed E-state index contributed by atoms with van der Waals surface area (Å²) in [5.74, 6) is -1.03. The number of carboxylic acid groups (broad SMARTS) is 1. The highest BCUT2D eigenvalue weighted by Gasteiger charge is 2.08. The first-order valence-corrected chi connectivity index (χ1v) is 6.38. The van der Waals surface area contributed by atoms with Gasteiger partial charge in [-0.05, 0) is 30.7 Å². The molecule has 0 aliphatic rings. The maximum absolute atomic E-state index is 11.5. The Morgan fingerprint density at radius 1 is 1.19 bits per heavy atom. The zero-order chi connectivity index (χ0) is 15.8. The second-order valence-electron chi connectivity index (χ2n) is 4.41. The molecule has 1 aromatic rings. The van der Waals surface area contributed by atoms with Gasteiger partial charge in [-0.2, -0.15) is 0 Å². The number of benzene rings is 1. The summed E-state index contributed by atoms with van der Waals surface area (Å²) in [4.78, 5) is 32.9. The summed E-state index contributed by atoms with van der Waals surface area (Å²) in [6, 6.07) is 4.41. The van der Waals surface area contributed by atoms with Crippen LogP contribution in [0, 0.1) is 6.92 Å². The van der Waals surface area contributed by atoms with E-state index in [1.807, 2.05) is 0 Å². The SMILES string of the molecule is CC(=O)NCCNC(=O)COc1ccc(C(=O)O)cc1C. The summed E-state index contributed by atoms with van der Waals surface area (Å²) in [5, 5.41) is 14.0. The van der Waals surface area contributed by atoms with E-state index in [-0.39, 0.29) is 24.0 Å². The number of ether oxygens (including phenoxy) is 1. The van der Waals surface area contributed by atoms with Gasteiger partial charge in [0, 0.05) is 20.0 Å². The van der Waals surface area contributed by atoms with E-state index < -0.39 is 5.97 Å². The molecule has 2 amide bonds. The Balaban J connectivity index is 2.39. The third-order valence-corrected chi connectivity index (χ3v) is 2.60. The maximum Gasteiger partial charge on any atom is 0.335 e. The fourth-order valence-electron chi connectivity index (χ4n) is 1.58. The van der Waals surface area contributed by atoms with Crippen molar-refractivity contribution < 1.29 is 24.2 Å². The van der Waals surface area contributed by atoms with Crippen molar-refractivity contribution in [3.05, 3.63) is 29.3 Å². The van der Waals surface area contributed by atoms with E-state index in [4.69, 9.17) is 9.84 Å². The van der Waals surface area contributed by atoms with Gasteiger partial charge in [0.1, 0.15) is 5.75 Å². The summed E-state index contributed by atoms with van der Waals surface area (Å²) >= 11 is 0. The Bertz CT molecular complexity index is 542. The average molecular weight is 294 g/mol. The molecule has 0 unspecified atom stereocenters. The summed E-state index contributed by atoms with van der Waals surface area (Å²) < 4.78 is 5.32. The van der Waals surface area contributed by atoms with Crippen molar-refractivity contribution >= 4 is 17.8 Å². The molecule has 0 aliphatic heterocycles. The van der Waals surface area contributed by atoms with Gasteiger partial charge in [0.25, 0.3) is 5.91 Å². The number of carboxylic acids is 1. The van der Waals surface area contributed by atoms with Gasteiger partial charge in [-0.25, -0.2) is 4.79 Å². The van der Waals surface area contributed by atoms with Crippen LogP contribution in [0.15, 0.2) is 18.2 Å². The van der Waals surface area contributed by atoms with Crippen LogP contribution in [0.4, 0.5) is 0 Å². The molecule has 0 aromatic heterocycles. The van der Waals surface area contributed by atoms with E-state index in [1.54, 1.807) is 6.92 Å². The van der Waals surface area contributed by atoms with Crippen molar-refractivity contribution in [1.82, 2.24) is 10.6 Å². The fraction of sp³-hybridized carbons (Fsp3) is 0.357. The summed E-state index contributed by atoms with van der Waals surface area (Å²) in [6.07, 6.45) is 0. The number of amides is 2. The molecule has 0 spiro atoms. The molecule has 0 saturated carbocycles. The predicted molar refractivity (Wildman–Crippen MR) is 75.3 cm³/mol. The van der Waals surface area contributed by atoms with Crippen LogP contribution in [-0.2, 0) is 9.59 Å². The molecule has 0 aliphatic carbocycles. The van der Waals surface area contributed by atoms with Gasteiger partial charge in [0.2, 0.25) is 5.91 Å². The number of hydrogen-bond acceptors (Lipinski definition) is 4. The molecule has 1 rings (SSSR count). The highest BCUT2D eigenvalue weighted by Crippen LogP contribution is 2.18. The lowest BCUT2D eigenvalue weighted by Gasteiger charge is -2.10.